The molecule has 4 heteroatoms. The smallest absolute Gasteiger partial charge is 0.0707 e. The summed E-state index contributed by atoms with van der Waals surface area (Å²) < 4.78 is 7.70. The molecular formula is C15H19BrN2O. The number of nitrogens with zero attached hydrogens (tertiary/aromatic N) is 2. The molecule has 0 aliphatic carbocycles. The van der Waals surface area contributed by atoms with E-state index in [2.05, 4.69) is 51.8 Å². The molecule has 2 aromatic rings. The van der Waals surface area contributed by atoms with E-state index in [0.717, 1.165) is 32.6 Å². The Labute approximate surface area is 122 Å². The summed E-state index contributed by atoms with van der Waals surface area (Å²) in [6.45, 7) is 4.76. The minimum Gasteiger partial charge on any atom is -0.381 e. The van der Waals surface area contributed by atoms with E-state index < -0.39 is 0 Å². The van der Waals surface area contributed by atoms with E-state index in [1.807, 2.05) is 0 Å². The fraction of sp³-hybridized carbons (Fsp3) is 0.533. The van der Waals surface area contributed by atoms with Crippen LogP contribution in [-0.4, -0.2) is 27.8 Å². The highest BCUT2D eigenvalue weighted by Crippen LogP contribution is 2.28. The number of para-hydroxylation sites is 1. The normalized spacial score (nSPS) is 23.9. The molecule has 0 saturated carbocycles. The van der Waals surface area contributed by atoms with Crippen LogP contribution in [0.2, 0.25) is 0 Å². The van der Waals surface area contributed by atoms with Crippen molar-refractivity contribution in [3.63, 3.8) is 0 Å². The van der Waals surface area contributed by atoms with E-state index in [-0.39, 0.29) is 0 Å². The van der Waals surface area contributed by atoms with Crippen LogP contribution in [0.4, 0.5) is 0 Å². The van der Waals surface area contributed by atoms with Gasteiger partial charge in [-0.2, -0.15) is 5.10 Å². The highest BCUT2D eigenvalue weighted by molar-refractivity contribution is 9.09. The maximum Gasteiger partial charge on any atom is 0.0707 e. The number of fused-ring (bicyclic) bond motifs is 1. The van der Waals surface area contributed by atoms with Crippen LogP contribution in [-0.2, 0) is 17.7 Å². The summed E-state index contributed by atoms with van der Waals surface area (Å²) in [5.74, 6) is 0.525. The number of aryl methyl sites for hydroxylation is 1. The summed E-state index contributed by atoms with van der Waals surface area (Å²) in [7, 11) is 0. The van der Waals surface area contributed by atoms with Crippen LogP contribution in [0.25, 0.3) is 10.9 Å². The number of hydrogen-bond donors (Lipinski definition) is 0. The Morgan fingerprint density at radius 2 is 2.26 bits per heavy atom. The highest BCUT2D eigenvalue weighted by atomic mass is 79.9. The molecule has 2 unspecified atom stereocenters. The van der Waals surface area contributed by atoms with Gasteiger partial charge in [-0.3, -0.25) is 4.68 Å². The van der Waals surface area contributed by atoms with Crippen molar-refractivity contribution in [2.24, 2.45) is 5.92 Å². The van der Waals surface area contributed by atoms with Crippen molar-refractivity contribution in [2.75, 3.05) is 13.2 Å². The lowest BCUT2D eigenvalue weighted by molar-refractivity contribution is 0.0603. The Bertz CT molecular complexity index is 566. The summed E-state index contributed by atoms with van der Waals surface area (Å²) >= 11 is 3.79. The van der Waals surface area contributed by atoms with Gasteiger partial charge in [0, 0.05) is 29.3 Å². The minimum atomic E-state index is 0.525. The van der Waals surface area contributed by atoms with Crippen molar-refractivity contribution in [3.05, 3.63) is 30.0 Å². The summed E-state index contributed by atoms with van der Waals surface area (Å²) in [6, 6.07) is 8.50. The molecule has 0 bridgehead atoms. The molecule has 19 heavy (non-hydrogen) atoms. The Balaban J connectivity index is 1.92. The number of benzene rings is 1. The van der Waals surface area contributed by atoms with Crippen LogP contribution >= 0.6 is 15.9 Å². The first-order chi connectivity index (χ1) is 9.29. The number of hydrogen-bond acceptors (Lipinski definition) is 2. The van der Waals surface area contributed by atoms with E-state index in [9.17, 15) is 0 Å². The SMILES string of the molecule is CCn1nc(CC2COCCC2Br)c2ccccc21. The van der Waals surface area contributed by atoms with Crippen molar-refractivity contribution >= 4 is 26.8 Å². The van der Waals surface area contributed by atoms with E-state index in [1.165, 1.54) is 16.6 Å². The average Bonchev–Trinajstić information content (AvgIpc) is 2.80. The Hall–Kier alpha value is -0.870. The van der Waals surface area contributed by atoms with Gasteiger partial charge < -0.3 is 4.74 Å². The number of alkyl halides is 1. The van der Waals surface area contributed by atoms with Gasteiger partial charge >= 0.3 is 0 Å². The minimum absolute atomic E-state index is 0.525. The molecule has 0 spiro atoms. The van der Waals surface area contributed by atoms with Crippen LogP contribution in [0.15, 0.2) is 24.3 Å². The van der Waals surface area contributed by atoms with Crippen molar-refractivity contribution in [1.29, 1.82) is 0 Å². The van der Waals surface area contributed by atoms with Crippen LogP contribution in [0, 0.1) is 5.92 Å². The zero-order chi connectivity index (χ0) is 13.2. The van der Waals surface area contributed by atoms with E-state index in [0.29, 0.717) is 10.7 Å². The first-order valence-corrected chi connectivity index (χ1v) is 7.87. The molecule has 102 valence electrons. The zero-order valence-electron chi connectivity index (χ0n) is 11.2. The second kappa shape index (κ2) is 5.63. The lowest BCUT2D eigenvalue weighted by atomic mass is 9.95. The van der Waals surface area contributed by atoms with Crippen LogP contribution < -0.4 is 0 Å². The average molecular weight is 323 g/mol. The van der Waals surface area contributed by atoms with Gasteiger partial charge in [-0.25, -0.2) is 0 Å². The van der Waals surface area contributed by atoms with Gasteiger partial charge in [0.1, 0.15) is 0 Å². The molecule has 0 amide bonds. The number of ether oxygens (including phenoxy) is 1. The second-order valence-corrected chi connectivity index (χ2v) is 6.30. The molecule has 1 saturated heterocycles. The van der Waals surface area contributed by atoms with E-state index in [1.54, 1.807) is 0 Å². The zero-order valence-corrected chi connectivity index (χ0v) is 12.8. The summed E-state index contributed by atoms with van der Waals surface area (Å²) in [5, 5.41) is 6.06. The third kappa shape index (κ3) is 2.56. The lowest BCUT2D eigenvalue weighted by Crippen LogP contribution is -2.29. The number of halogens is 1. The molecule has 1 aliphatic heterocycles. The fourth-order valence-electron chi connectivity index (χ4n) is 2.79. The van der Waals surface area contributed by atoms with Gasteiger partial charge in [-0.05, 0) is 25.8 Å². The molecule has 2 atom stereocenters. The fourth-order valence-corrected chi connectivity index (χ4v) is 3.32. The summed E-state index contributed by atoms with van der Waals surface area (Å²) in [5.41, 5.74) is 2.44. The highest BCUT2D eigenvalue weighted by Gasteiger charge is 2.25. The molecule has 2 heterocycles. The van der Waals surface area contributed by atoms with Crippen molar-refractivity contribution in [2.45, 2.75) is 31.1 Å². The summed E-state index contributed by atoms with van der Waals surface area (Å²) in [6.07, 6.45) is 2.08. The van der Waals surface area contributed by atoms with Crippen LogP contribution in [0.5, 0.6) is 0 Å². The number of aromatic nitrogens is 2. The first-order valence-electron chi connectivity index (χ1n) is 6.96. The molecule has 3 nitrogen and oxygen atoms in total. The standard InChI is InChI=1S/C15H19BrN2O/c1-2-18-15-6-4-3-5-12(15)14(17-18)9-11-10-19-8-7-13(11)16/h3-6,11,13H,2,7-10H2,1H3. The molecule has 1 aromatic carbocycles. The van der Waals surface area contributed by atoms with Gasteiger partial charge in [0.05, 0.1) is 17.8 Å². The molecule has 3 rings (SSSR count). The van der Waals surface area contributed by atoms with Gasteiger partial charge in [-0.15, -0.1) is 0 Å². The second-order valence-electron chi connectivity index (χ2n) is 5.12. The van der Waals surface area contributed by atoms with Crippen LogP contribution in [0.1, 0.15) is 19.0 Å². The summed E-state index contributed by atoms with van der Waals surface area (Å²) in [4.78, 5) is 0.548. The molecule has 1 aromatic heterocycles. The molecule has 0 N–H and O–H groups in total. The van der Waals surface area contributed by atoms with Gasteiger partial charge in [-0.1, -0.05) is 34.1 Å². The maximum absolute atomic E-state index is 5.61. The third-order valence-corrected chi connectivity index (χ3v) is 5.08. The largest absolute Gasteiger partial charge is 0.381 e. The van der Waals surface area contributed by atoms with Gasteiger partial charge in [0.25, 0.3) is 0 Å². The van der Waals surface area contributed by atoms with E-state index in [4.69, 9.17) is 9.84 Å². The Morgan fingerprint density at radius 3 is 3.05 bits per heavy atom. The topological polar surface area (TPSA) is 27.1 Å². The van der Waals surface area contributed by atoms with Gasteiger partial charge in [0.15, 0.2) is 0 Å². The predicted molar refractivity (Wildman–Crippen MR) is 80.8 cm³/mol. The van der Waals surface area contributed by atoms with Gasteiger partial charge in [0.2, 0.25) is 0 Å². The number of rotatable bonds is 3. The molecule has 1 fully saturated rings. The maximum atomic E-state index is 5.61. The Morgan fingerprint density at radius 1 is 1.42 bits per heavy atom. The molecule has 1 aliphatic rings. The quantitative estimate of drug-likeness (QED) is 0.810. The van der Waals surface area contributed by atoms with Crippen molar-refractivity contribution < 1.29 is 4.74 Å². The van der Waals surface area contributed by atoms with E-state index >= 15 is 0 Å². The van der Waals surface area contributed by atoms with Crippen LogP contribution in [0.3, 0.4) is 0 Å². The first kappa shape index (κ1) is 13.1. The Kier molecular flexibility index (Phi) is 3.89. The monoisotopic (exact) mass is 322 g/mol. The molecule has 0 radical (unpaired) electrons. The van der Waals surface area contributed by atoms with Crippen molar-refractivity contribution in [3.8, 4) is 0 Å². The predicted octanol–water partition coefficient (Wildman–Crippen LogP) is 3.40. The third-order valence-electron chi connectivity index (χ3n) is 3.87. The molecular weight excluding hydrogens is 304 g/mol. The van der Waals surface area contributed by atoms with Crippen molar-refractivity contribution in [1.82, 2.24) is 9.78 Å². The lowest BCUT2D eigenvalue weighted by Gasteiger charge is -2.26.